The molecule has 2 aromatic rings. The van der Waals surface area contributed by atoms with E-state index in [0.29, 0.717) is 17.0 Å². The zero-order chi connectivity index (χ0) is 25.7. The fraction of sp³-hybridized carbons (Fsp3) is 0.609. The molecular formula is C23H28F5N5O2S. The van der Waals surface area contributed by atoms with E-state index in [0.717, 1.165) is 63.2 Å². The van der Waals surface area contributed by atoms with Crippen LogP contribution in [0.1, 0.15) is 41.0 Å². The average molecular weight is 534 g/mol. The molecule has 2 aliphatic heterocycles. The Morgan fingerprint density at radius 3 is 2.64 bits per heavy atom. The maximum Gasteiger partial charge on any atom is 0.411 e. The summed E-state index contributed by atoms with van der Waals surface area (Å²) in [7, 11) is 0. The van der Waals surface area contributed by atoms with E-state index in [9.17, 15) is 26.7 Å². The quantitative estimate of drug-likeness (QED) is 0.518. The van der Waals surface area contributed by atoms with Crippen LogP contribution in [0.15, 0.2) is 18.5 Å². The summed E-state index contributed by atoms with van der Waals surface area (Å²) in [5.74, 6) is -1.91. The second-order valence-corrected chi connectivity index (χ2v) is 10.1. The van der Waals surface area contributed by atoms with Crippen LogP contribution in [0.25, 0.3) is 0 Å². The molecule has 0 aliphatic carbocycles. The van der Waals surface area contributed by atoms with Crippen LogP contribution in [0.5, 0.6) is 0 Å². The molecule has 1 amide bonds. The summed E-state index contributed by atoms with van der Waals surface area (Å²) in [6.07, 6.45) is 1.69. The van der Waals surface area contributed by atoms with Gasteiger partial charge in [0.05, 0.1) is 31.2 Å². The zero-order valence-corrected chi connectivity index (χ0v) is 20.4. The standard InChI is InChI=1S/C23H28F5N5O2S/c24-16-8-18(25)19(29-9-16)10-30-21(34)20-11-31-22(36-20)32-6-3-17(4-7-32)33-5-1-2-15(12-33)13-35-14-23(26,27)28/h8-9,11,15,17H,1-7,10,12-14H2,(H,30,34). The minimum absolute atomic E-state index is 0.0524. The molecule has 4 heterocycles. The number of amides is 1. The topological polar surface area (TPSA) is 70.6 Å². The maximum absolute atomic E-state index is 13.7. The molecule has 7 nitrogen and oxygen atoms in total. The number of thiazole rings is 1. The lowest BCUT2D eigenvalue weighted by molar-refractivity contribution is -0.177. The first-order valence-corrected chi connectivity index (χ1v) is 12.7. The molecule has 2 saturated heterocycles. The molecule has 1 unspecified atom stereocenters. The van der Waals surface area contributed by atoms with Crippen LogP contribution < -0.4 is 10.2 Å². The maximum atomic E-state index is 13.7. The van der Waals surface area contributed by atoms with Crippen molar-refractivity contribution in [2.75, 3.05) is 44.3 Å². The van der Waals surface area contributed by atoms with Gasteiger partial charge < -0.3 is 15.0 Å². The van der Waals surface area contributed by atoms with Gasteiger partial charge in [0.2, 0.25) is 0 Å². The lowest BCUT2D eigenvalue weighted by Gasteiger charge is -2.42. The molecule has 2 aromatic heterocycles. The van der Waals surface area contributed by atoms with Crippen molar-refractivity contribution in [3.05, 3.63) is 40.7 Å². The highest BCUT2D eigenvalue weighted by atomic mass is 32.1. The lowest BCUT2D eigenvalue weighted by atomic mass is 9.94. The van der Waals surface area contributed by atoms with E-state index in [1.165, 1.54) is 17.5 Å². The van der Waals surface area contributed by atoms with Gasteiger partial charge in [0, 0.05) is 31.7 Å². The molecule has 13 heteroatoms. The van der Waals surface area contributed by atoms with Crippen LogP contribution >= 0.6 is 11.3 Å². The number of pyridine rings is 1. The molecule has 0 spiro atoms. The first-order valence-electron chi connectivity index (χ1n) is 11.9. The smallest absolute Gasteiger partial charge is 0.372 e. The van der Waals surface area contributed by atoms with E-state index >= 15 is 0 Å². The van der Waals surface area contributed by atoms with Crippen molar-refractivity contribution in [2.24, 2.45) is 5.92 Å². The van der Waals surface area contributed by atoms with E-state index in [2.05, 4.69) is 25.1 Å². The fourth-order valence-electron chi connectivity index (χ4n) is 4.67. The Balaban J connectivity index is 1.23. The number of halogens is 5. The molecule has 4 rings (SSSR count). The van der Waals surface area contributed by atoms with Crippen molar-refractivity contribution >= 4 is 22.4 Å². The van der Waals surface area contributed by atoms with Crippen molar-refractivity contribution in [3.63, 3.8) is 0 Å². The Morgan fingerprint density at radius 1 is 1.14 bits per heavy atom. The lowest BCUT2D eigenvalue weighted by Crippen LogP contribution is -2.49. The Kier molecular flexibility index (Phi) is 8.73. The highest BCUT2D eigenvalue weighted by molar-refractivity contribution is 7.17. The number of nitrogens with one attached hydrogen (secondary N) is 1. The molecule has 2 fully saturated rings. The number of carbonyl (C=O) groups excluding carboxylic acids is 1. The van der Waals surface area contributed by atoms with Crippen molar-refractivity contribution < 1.29 is 31.5 Å². The summed E-state index contributed by atoms with van der Waals surface area (Å²) >= 11 is 1.24. The predicted octanol–water partition coefficient (Wildman–Crippen LogP) is 4.01. The molecule has 198 valence electrons. The van der Waals surface area contributed by atoms with Gasteiger partial charge in [-0.1, -0.05) is 11.3 Å². The molecule has 0 aromatic carbocycles. The fourth-order valence-corrected chi connectivity index (χ4v) is 5.55. The van der Waals surface area contributed by atoms with Gasteiger partial charge in [-0.2, -0.15) is 13.2 Å². The van der Waals surface area contributed by atoms with E-state index < -0.39 is 30.3 Å². The molecule has 0 saturated carbocycles. The number of ether oxygens (including phenoxy) is 1. The van der Waals surface area contributed by atoms with Gasteiger partial charge in [-0.3, -0.25) is 14.7 Å². The van der Waals surface area contributed by atoms with Gasteiger partial charge in [-0.25, -0.2) is 13.8 Å². The SMILES string of the molecule is O=C(NCc1ncc(F)cc1F)c1cnc(N2CCC(N3CCCC(COCC(F)(F)F)C3)CC2)s1. The van der Waals surface area contributed by atoms with Crippen LogP contribution in [0.3, 0.4) is 0 Å². The molecule has 2 aliphatic rings. The van der Waals surface area contributed by atoms with Crippen molar-refractivity contribution in [3.8, 4) is 0 Å². The molecule has 0 bridgehead atoms. The zero-order valence-electron chi connectivity index (χ0n) is 19.6. The van der Waals surface area contributed by atoms with Gasteiger partial charge in [0.15, 0.2) is 5.13 Å². The van der Waals surface area contributed by atoms with Crippen LogP contribution in [0, 0.1) is 17.6 Å². The van der Waals surface area contributed by atoms with E-state index in [-0.39, 0.29) is 24.8 Å². The first kappa shape index (κ1) is 26.7. The number of rotatable bonds is 8. The largest absolute Gasteiger partial charge is 0.411 e. The van der Waals surface area contributed by atoms with Gasteiger partial charge in [-0.15, -0.1) is 0 Å². The third-order valence-corrected chi connectivity index (χ3v) is 7.50. The average Bonchev–Trinajstić information content (AvgIpc) is 3.33. The number of aromatic nitrogens is 2. The monoisotopic (exact) mass is 533 g/mol. The van der Waals surface area contributed by atoms with E-state index in [4.69, 9.17) is 4.74 Å². The predicted molar refractivity (Wildman–Crippen MR) is 124 cm³/mol. The minimum Gasteiger partial charge on any atom is -0.372 e. The van der Waals surface area contributed by atoms with Gasteiger partial charge in [0.25, 0.3) is 5.91 Å². The molecule has 0 radical (unpaired) electrons. The number of likely N-dealkylation sites (tertiary alicyclic amines) is 1. The van der Waals surface area contributed by atoms with Gasteiger partial charge in [0.1, 0.15) is 23.1 Å². The number of piperidine rings is 2. The van der Waals surface area contributed by atoms with Crippen molar-refractivity contribution in [1.82, 2.24) is 20.2 Å². The number of nitrogens with zero attached hydrogens (tertiary/aromatic N) is 4. The van der Waals surface area contributed by atoms with E-state index in [1.807, 2.05) is 0 Å². The van der Waals surface area contributed by atoms with E-state index in [1.54, 1.807) is 0 Å². The molecule has 1 N–H and O–H groups in total. The van der Waals surface area contributed by atoms with Crippen LogP contribution in [-0.4, -0.2) is 72.4 Å². The van der Waals surface area contributed by atoms with Crippen molar-refractivity contribution in [1.29, 1.82) is 0 Å². The Labute approximate surface area is 209 Å². The summed E-state index contributed by atoms with van der Waals surface area (Å²) < 4.78 is 68.6. The van der Waals surface area contributed by atoms with Crippen LogP contribution in [0.2, 0.25) is 0 Å². The molecule has 36 heavy (non-hydrogen) atoms. The first-order chi connectivity index (χ1) is 17.2. The molecule has 1 atom stereocenters. The minimum atomic E-state index is -4.30. The second kappa shape index (κ2) is 11.8. The number of hydrogen-bond acceptors (Lipinski definition) is 7. The highest BCUT2D eigenvalue weighted by Crippen LogP contribution is 2.29. The Morgan fingerprint density at radius 2 is 1.92 bits per heavy atom. The third kappa shape index (κ3) is 7.32. The number of hydrogen-bond donors (Lipinski definition) is 1. The van der Waals surface area contributed by atoms with Gasteiger partial charge >= 0.3 is 6.18 Å². The number of alkyl halides is 3. The normalized spacial score (nSPS) is 20.0. The number of anilines is 1. The Hall–Kier alpha value is -2.38. The van der Waals surface area contributed by atoms with Crippen molar-refractivity contribution in [2.45, 2.75) is 44.4 Å². The number of carbonyl (C=O) groups is 1. The van der Waals surface area contributed by atoms with Crippen LogP contribution in [-0.2, 0) is 11.3 Å². The second-order valence-electron chi connectivity index (χ2n) is 9.12. The third-order valence-electron chi connectivity index (χ3n) is 6.44. The summed E-state index contributed by atoms with van der Waals surface area (Å²) in [6, 6.07) is 1.07. The summed E-state index contributed by atoms with van der Waals surface area (Å²) in [4.78, 5) is 25.3. The summed E-state index contributed by atoms with van der Waals surface area (Å²) in [5.41, 5.74) is -0.0524. The molecular weight excluding hydrogens is 505 g/mol. The van der Waals surface area contributed by atoms with Gasteiger partial charge in [-0.05, 0) is 38.1 Å². The summed E-state index contributed by atoms with van der Waals surface area (Å²) in [5, 5.41) is 3.30. The highest BCUT2D eigenvalue weighted by Gasteiger charge is 2.32. The Bertz CT molecular complexity index is 1030. The summed E-state index contributed by atoms with van der Waals surface area (Å²) in [6.45, 7) is 1.96. The van der Waals surface area contributed by atoms with Crippen LogP contribution in [0.4, 0.5) is 27.1 Å².